The molecule has 0 radical (unpaired) electrons. The molecule has 1 aromatic heterocycles. The van der Waals surface area contributed by atoms with Gasteiger partial charge in [-0.3, -0.25) is 4.99 Å². The average molecular weight is 403 g/mol. The summed E-state index contributed by atoms with van der Waals surface area (Å²) in [6.07, 6.45) is 1.74. The molecule has 0 atom stereocenters. The average Bonchev–Trinajstić information content (AvgIpc) is 2.68. The van der Waals surface area contributed by atoms with Gasteiger partial charge in [0.05, 0.1) is 12.3 Å². The maximum atomic E-state index is 12.6. The van der Waals surface area contributed by atoms with Crippen LogP contribution in [-0.4, -0.2) is 62.1 Å². The quantitative estimate of drug-likeness (QED) is 0.557. The highest BCUT2D eigenvalue weighted by Crippen LogP contribution is 2.15. The summed E-state index contributed by atoms with van der Waals surface area (Å²) in [5, 5.41) is 2.98. The molecule has 3 rings (SSSR count). The number of piperazine rings is 1. The van der Waals surface area contributed by atoms with Crippen molar-refractivity contribution in [3.63, 3.8) is 0 Å². The van der Waals surface area contributed by atoms with Crippen molar-refractivity contribution in [2.75, 3.05) is 48.7 Å². The highest BCUT2D eigenvalue weighted by molar-refractivity contribution is 7.89. The molecule has 1 aliphatic heterocycles. The second-order valence-electron chi connectivity index (χ2n) is 6.65. The van der Waals surface area contributed by atoms with Crippen LogP contribution in [0.1, 0.15) is 5.56 Å². The Labute approximate surface area is 166 Å². The lowest BCUT2D eigenvalue weighted by Gasteiger charge is -2.34. The van der Waals surface area contributed by atoms with Crippen molar-refractivity contribution in [2.24, 2.45) is 10.7 Å². The van der Waals surface area contributed by atoms with Gasteiger partial charge in [0.25, 0.3) is 0 Å². The molecule has 28 heavy (non-hydrogen) atoms. The van der Waals surface area contributed by atoms with Crippen LogP contribution in [0.25, 0.3) is 0 Å². The van der Waals surface area contributed by atoms with Gasteiger partial charge < -0.3 is 16.0 Å². The zero-order valence-electron chi connectivity index (χ0n) is 16.0. The van der Waals surface area contributed by atoms with Gasteiger partial charge >= 0.3 is 0 Å². The Bertz CT molecular complexity index is 909. The topological polar surface area (TPSA) is 104 Å². The number of aryl methyl sites for hydroxylation is 1. The van der Waals surface area contributed by atoms with Crippen LogP contribution in [0.3, 0.4) is 0 Å². The number of hydrogen-bond acceptors (Lipinski definition) is 5. The third-order valence-electron chi connectivity index (χ3n) is 4.53. The fourth-order valence-electron chi connectivity index (χ4n) is 3.06. The summed E-state index contributed by atoms with van der Waals surface area (Å²) in [5.41, 5.74) is 7.79. The molecule has 0 amide bonds. The molecule has 1 aliphatic rings. The molecule has 0 bridgehead atoms. The lowest BCUT2D eigenvalue weighted by molar-refractivity contribution is 0.384. The first-order chi connectivity index (χ1) is 13.4. The third-order valence-corrected chi connectivity index (χ3v) is 6.38. The number of guanidine groups is 1. The second kappa shape index (κ2) is 9.03. The molecule has 1 aromatic carbocycles. The zero-order valence-corrected chi connectivity index (χ0v) is 16.8. The molecular formula is C19H26N6O2S. The van der Waals surface area contributed by atoms with Crippen LogP contribution in [0, 0.1) is 6.92 Å². The van der Waals surface area contributed by atoms with Gasteiger partial charge in [0, 0.05) is 38.1 Å². The number of hydrogen-bond donors (Lipinski definition) is 2. The smallest absolute Gasteiger partial charge is 0.216 e. The van der Waals surface area contributed by atoms with E-state index in [1.165, 1.54) is 4.31 Å². The zero-order chi connectivity index (χ0) is 20.0. The standard InChI is InChI=1S/C19H26N6O2S/c1-16-5-4-6-17(15-16)23-19(20)22-9-14-28(26,27)25-12-10-24(11-13-25)18-7-2-3-8-21-18/h2-8,15H,9-14H2,1H3,(H3,20,22,23). The molecule has 0 unspecified atom stereocenters. The molecular weight excluding hydrogens is 376 g/mol. The van der Waals surface area contributed by atoms with Gasteiger partial charge in [-0.05, 0) is 36.8 Å². The summed E-state index contributed by atoms with van der Waals surface area (Å²) in [6.45, 7) is 4.23. The lowest BCUT2D eigenvalue weighted by atomic mass is 10.2. The maximum Gasteiger partial charge on any atom is 0.216 e. The monoisotopic (exact) mass is 402 g/mol. The predicted octanol–water partition coefficient (Wildman–Crippen LogP) is 1.27. The van der Waals surface area contributed by atoms with Crippen LogP contribution in [0.5, 0.6) is 0 Å². The van der Waals surface area contributed by atoms with Crippen LogP contribution in [0.15, 0.2) is 53.7 Å². The van der Waals surface area contributed by atoms with E-state index in [4.69, 9.17) is 5.73 Å². The van der Waals surface area contributed by atoms with E-state index in [1.807, 2.05) is 49.4 Å². The highest BCUT2D eigenvalue weighted by Gasteiger charge is 2.26. The van der Waals surface area contributed by atoms with E-state index in [-0.39, 0.29) is 18.3 Å². The van der Waals surface area contributed by atoms with E-state index in [1.54, 1.807) is 6.20 Å². The van der Waals surface area contributed by atoms with E-state index in [2.05, 4.69) is 20.2 Å². The number of nitrogens with two attached hydrogens (primary N) is 1. The first-order valence-corrected chi connectivity index (χ1v) is 10.8. The Hall–Kier alpha value is -2.65. The SMILES string of the molecule is Cc1cccc(NC(N)=NCCS(=O)(=O)N2CCN(c3ccccn3)CC2)c1. The Morgan fingerprint density at radius 1 is 1.18 bits per heavy atom. The predicted molar refractivity (Wildman–Crippen MR) is 113 cm³/mol. The van der Waals surface area contributed by atoms with Gasteiger partial charge in [0.2, 0.25) is 10.0 Å². The summed E-state index contributed by atoms with van der Waals surface area (Å²) >= 11 is 0. The lowest BCUT2D eigenvalue weighted by Crippen LogP contribution is -2.49. The van der Waals surface area contributed by atoms with Crippen molar-refractivity contribution in [2.45, 2.75) is 6.92 Å². The first kappa shape index (κ1) is 20.1. The van der Waals surface area contributed by atoms with Gasteiger partial charge in [-0.15, -0.1) is 0 Å². The number of aromatic nitrogens is 1. The number of benzene rings is 1. The minimum atomic E-state index is -3.37. The summed E-state index contributed by atoms with van der Waals surface area (Å²) in [7, 11) is -3.37. The summed E-state index contributed by atoms with van der Waals surface area (Å²) < 4.78 is 26.7. The van der Waals surface area contributed by atoms with Gasteiger partial charge in [-0.25, -0.2) is 13.4 Å². The number of nitrogens with zero attached hydrogens (tertiary/aromatic N) is 4. The molecule has 0 saturated carbocycles. The number of rotatable bonds is 6. The third kappa shape index (κ3) is 5.43. The van der Waals surface area contributed by atoms with Crippen molar-refractivity contribution < 1.29 is 8.42 Å². The van der Waals surface area contributed by atoms with Gasteiger partial charge in [0.1, 0.15) is 5.82 Å². The number of aliphatic imine (C=N–C) groups is 1. The molecule has 0 spiro atoms. The molecule has 9 heteroatoms. The Kier molecular flexibility index (Phi) is 6.48. The molecule has 3 N–H and O–H groups in total. The molecule has 8 nitrogen and oxygen atoms in total. The highest BCUT2D eigenvalue weighted by atomic mass is 32.2. The maximum absolute atomic E-state index is 12.6. The summed E-state index contributed by atoms with van der Waals surface area (Å²) in [4.78, 5) is 10.6. The van der Waals surface area contributed by atoms with E-state index < -0.39 is 10.0 Å². The summed E-state index contributed by atoms with van der Waals surface area (Å²) in [6, 6.07) is 13.5. The van der Waals surface area contributed by atoms with Gasteiger partial charge in [0.15, 0.2) is 5.96 Å². The largest absolute Gasteiger partial charge is 0.370 e. The molecule has 1 fully saturated rings. The van der Waals surface area contributed by atoms with Gasteiger partial charge in [-0.1, -0.05) is 18.2 Å². The van der Waals surface area contributed by atoms with Crippen molar-refractivity contribution in [3.05, 3.63) is 54.2 Å². The fraction of sp³-hybridized carbons (Fsp3) is 0.368. The number of anilines is 2. The van der Waals surface area contributed by atoms with Crippen LogP contribution in [0.2, 0.25) is 0 Å². The molecule has 150 valence electrons. The van der Waals surface area contributed by atoms with Crippen LogP contribution in [-0.2, 0) is 10.0 Å². The van der Waals surface area contributed by atoms with Crippen molar-refractivity contribution in [1.29, 1.82) is 0 Å². The van der Waals surface area contributed by atoms with Crippen molar-refractivity contribution in [3.8, 4) is 0 Å². The van der Waals surface area contributed by atoms with E-state index in [0.717, 1.165) is 17.1 Å². The molecule has 2 aromatic rings. The molecule has 1 saturated heterocycles. The summed E-state index contributed by atoms with van der Waals surface area (Å²) in [5.74, 6) is 1.02. The Morgan fingerprint density at radius 3 is 2.64 bits per heavy atom. The van der Waals surface area contributed by atoms with Gasteiger partial charge in [-0.2, -0.15) is 4.31 Å². The second-order valence-corrected chi connectivity index (χ2v) is 8.74. The minimum absolute atomic E-state index is 0.0627. The Morgan fingerprint density at radius 2 is 1.96 bits per heavy atom. The van der Waals surface area contributed by atoms with Crippen LogP contribution in [0.4, 0.5) is 11.5 Å². The van der Waals surface area contributed by atoms with E-state index >= 15 is 0 Å². The van der Waals surface area contributed by atoms with E-state index in [0.29, 0.717) is 26.2 Å². The molecule has 0 aliphatic carbocycles. The molecule has 2 heterocycles. The normalized spacial score (nSPS) is 16.2. The van der Waals surface area contributed by atoms with Crippen molar-refractivity contribution in [1.82, 2.24) is 9.29 Å². The van der Waals surface area contributed by atoms with E-state index in [9.17, 15) is 8.42 Å². The van der Waals surface area contributed by atoms with Crippen molar-refractivity contribution >= 4 is 27.5 Å². The Balaban J connectivity index is 1.49. The number of nitrogens with one attached hydrogen (secondary N) is 1. The first-order valence-electron chi connectivity index (χ1n) is 9.21. The fourth-order valence-corrected chi connectivity index (χ4v) is 4.36. The van der Waals surface area contributed by atoms with Crippen LogP contribution < -0.4 is 16.0 Å². The number of pyridine rings is 1. The number of sulfonamides is 1. The minimum Gasteiger partial charge on any atom is -0.370 e. The van der Waals surface area contributed by atoms with Crippen LogP contribution >= 0.6 is 0 Å².